The molecule has 0 bridgehead atoms. The molecule has 2 aromatic heterocycles. The number of nitrogens with one attached hydrogen (secondary N) is 2. The van der Waals surface area contributed by atoms with Crippen LogP contribution in [0.25, 0.3) is 44.7 Å². The smallest absolute Gasteiger partial charge is 0.162 e. The third kappa shape index (κ3) is 3.68. The molecule has 0 aliphatic rings. The average molecular weight is 431 g/mol. The first-order chi connectivity index (χ1) is 16.2. The van der Waals surface area contributed by atoms with Gasteiger partial charge in [-0.25, -0.2) is 19.3 Å². The molecule has 0 atom stereocenters. The molecule has 0 spiro atoms. The number of H-pyrrole nitrogens is 1. The third-order valence-electron chi connectivity index (χ3n) is 5.50. The van der Waals surface area contributed by atoms with E-state index in [0.29, 0.717) is 17.2 Å². The Morgan fingerprint density at radius 2 is 1.45 bits per heavy atom. The van der Waals surface area contributed by atoms with E-state index in [1.54, 1.807) is 6.07 Å². The van der Waals surface area contributed by atoms with Gasteiger partial charge in [0, 0.05) is 22.2 Å². The molecule has 0 aliphatic carbocycles. The van der Waals surface area contributed by atoms with E-state index in [1.165, 1.54) is 12.1 Å². The largest absolute Gasteiger partial charge is 0.340 e. The topological polar surface area (TPSA) is 66.5 Å². The van der Waals surface area contributed by atoms with E-state index in [-0.39, 0.29) is 5.82 Å². The van der Waals surface area contributed by atoms with Crippen molar-refractivity contribution in [3.63, 3.8) is 0 Å². The van der Waals surface area contributed by atoms with E-state index in [0.717, 1.165) is 39.1 Å². The lowest BCUT2D eigenvalue weighted by Gasteiger charge is -2.11. The highest BCUT2D eigenvalue weighted by Crippen LogP contribution is 2.28. The fourth-order valence-electron chi connectivity index (χ4n) is 3.85. The second-order valence-corrected chi connectivity index (χ2v) is 7.73. The molecule has 2 heterocycles. The van der Waals surface area contributed by atoms with Crippen LogP contribution >= 0.6 is 0 Å². The number of fused-ring (bicyclic) bond motifs is 2. The normalized spacial score (nSPS) is 11.2. The molecule has 0 radical (unpaired) electrons. The molecule has 6 aromatic rings. The number of anilines is 2. The number of benzene rings is 4. The molecule has 0 amide bonds. The summed E-state index contributed by atoms with van der Waals surface area (Å²) >= 11 is 0. The van der Waals surface area contributed by atoms with Crippen molar-refractivity contribution in [2.24, 2.45) is 0 Å². The van der Waals surface area contributed by atoms with Crippen molar-refractivity contribution < 1.29 is 4.39 Å². The van der Waals surface area contributed by atoms with Crippen molar-refractivity contribution in [3.8, 4) is 22.8 Å². The van der Waals surface area contributed by atoms with Gasteiger partial charge >= 0.3 is 0 Å². The average Bonchev–Trinajstić information content (AvgIpc) is 3.28. The van der Waals surface area contributed by atoms with Crippen LogP contribution in [-0.2, 0) is 0 Å². The molecular formula is C27H18FN5. The zero-order valence-electron chi connectivity index (χ0n) is 17.5. The van der Waals surface area contributed by atoms with Gasteiger partial charge in [-0.15, -0.1) is 0 Å². The second kappa shape index (κ2) is 7.84. The van der Waals surface area contributed by atoms with Crippen LogP contribution in [-0.4, -0.2) is 19.9 Å². The summed E-state index contributed by atoms with van der Waals surface area (Å²) in [6, 6.07) is 30.3. The van der Waals surface area contributed by atoms with Crippen molar-refractivity contribution in [2.45, 2.75) is 0 Å². The van der Waals surface area contributed by atoms with Gasteiger partial charge in [0.2, 0.25) is 0 Å². The van der Waals surface area contributed by atoms with Crippen molar-refractivity contribution >= 4 is 33.4 Å². The molecule has 0 saturated heterocycles. The summed E-state index contributed by atoms with van der Waals surface area (Å²) in [6.45, 7) is 0. The van der Waals surface area contributed by atoms with E-state index in [9.17, 15) is 4.39 Å². The molecule has 0 fully saturated rings. The van der Waals surface area contributed by atoms with Crippen LogP contribution in [0.15, 0.2) is 97.1 Å². The van der Waals surface area contributed by atoms with Crippen LogP contribution in [0.2, 0.25) is 0 Å². The maximum absolute atomic E-state index is 13.5. The van der Waals surface area contributed by atoms with E-state index < -0.39 is 0 Å². The Kier molecular flexibility index (Phi) is 4.54. The van der Waals surface area contributed by atoms with Gasteiger partial charge in [0.1, 0.15) is 17.5 Å². The van der Waals surface area contributed by atoms with Crippen LogP contribution in [0.4, 0.5) is 15.9 Å². The van der Waals surface area contributed by atoms with Gasteiger partial charge in [0.15, 0.2) is 5.82 Å². The summed E-state index contributed by atoms with van der Waals surface area (Å²) in [5.74, 6) is 1.82. The highest BCUT2D eigenvalue weighted by atomic mass is 19.1. The van der Waals surface area contributed by atoms with Crippen molar-refractivity contribution in [3.05, 3.63) is 103 Å². The SMILES string of the molecule is Fc1ccc2nc(-c3ccc(Nc4nc(-c5ccccc5)nc5ccccc45)cc3)[nH]c2c1. The van der Waals surface area contributed by atoms with Gasteiger partial charge < -0.3 is 10.3 Å². The summed E-state index contributed by atoms with van der Waals surface area (Å²) in [7, 11) is 0. The number of rotatable bonds is 4. The van der Waals surface area contributed by atoms with E-state index in [1.807, 2.05) is 78.9 Å². The Morgan fingerprint density at radius 3 is 2.30 bits per heavy atom. The predicted octanol–water partition coefficient (Wildman–Crippen LogP) is 6.72. The van der Waals surface area contributed by atoms with Gasteiger partial charge in [0.05, 0.1) is 16.6 Å². The number of aromatic nitrogens is 4. The molecule has 4 aromatic carbocycles. The van der Waals surface area contributed by atoms with E-state index >= 15 is 0 Å². The maximum atomic E-state index is 13.5. The van der Waals surface area contributed by atoms with Crippen LogP contribution in [0.1, 0.15) is 0 Å². The first-order valence-corrected chi connectivity index (χ1v) is 10.6. The van der Waals surface area contributed by atoms with Crippen molar-refractivity contribution in [2.75, 3.05) is 5.32 Å². The number of aromatic amines is 1. The van der Waals surface area contributed by atoms with Gasteiger partial charge in [-0.1, -0.05) is 42.5 Å². The van der Waals surface area contributed by atoms with Crippen LogP contribution in [0, 0.1) is 5.82 Å². The van der Waals surface area contributed by atoms with Gasteiger partial charge in [-0.3, -0.25) is 0 Å². The molecule has 6 rings (SSSR count). The number of imidazole rings is 1. The van der Waals surface area contributed by atoms with E-state index in [4.69, 9.17) is 9.97 Å². The molecule has 158 valence electrons. The molecule has 0 saturated carbocycles. The van der Waals surface area contributed by atoms with Crippen molar-refractivity contribution in [1.29, 1.82) is 0 Å². The zero-order valence-corrected chi connectivity index (χ0v) is 17.5. The fourth-order valence-corrected chi connectivity index (χ4v) is 3.85. The van der Waals surface area contributed by atoms with Crippen molar-refractivity contribution in [1.82, 2.24) is 19.9 Å². The Balaban J connectivity index is 1.35. The number of nitrogens with zero attached hydrogens (tertiary/aromatic N) is 3. The Labute approximate surface area is 189 Å². The van der Waals surface area contributed by atoms with Gasteiger partial charge in [-0.05, 0) is 54.6 Å². The highest BCUT2D eigenvalue weighted by Gasteiger charge is 2.11. The summed E-state index contributed by atoms with van der Waals surface area (Å²) in [5.41, 5.74) is 5.05. The number of hydrogen-bond acceptors (Lipinski definition) is 4. The summed E-state index contributed by atoms with van der Waals surface area (Å²) in [4.78, 5) is 17.3. The monoisotopic (exact) mass is 431 g/mol. The van der Waals surface area contributed by atoms with Crippen LogP contribution < -0.4 is 5.32 Å². The third-order valence-corrected chi connectivity index (χ3v) is 5.50. The van der Waals surface area contributed by atoms with Gasteiger partial charge in [-0.2, -0.15) is 0 Å². The minimum Gasteiger partial charge on any atom is -0.340 e. The Hall–Kier alpha value is -4.58. The molecular weight excluding hydrogens is 413 g/mol. The van der Waals surface area contributed by atoms with E-state index in [2.05, 4.69) is 15.3 Å². The molecule has 0 aliphatic heterocycles. The zero-order chi connectivity index (χ0) is 22.2. The fraction of sp³-hybridized carbons (Fsp3) is 0. The summed E-state index contributed by atoms with van der Waals surface area (Å²) < 4.78 is 13.5. The maximum Gasteiger partial charge on any atom is 0.162 e. The Morgan fingerprint density at radius 1 is 0.667 bits per heavy atom. The first kappa shape index (κ1) is 19.1. The summed E-state index contributed by atoms with van der Waals surface area (Å²) in [6.07, 6.45) is 0. The lowest BCUT2D eigenvalue weighted by Crippen LogP contribution is -1.99. The van der Waals surface area contributed by atoms with Gasteiger partial charge in [0.25, 0.3) is 0 Å². The second-order valence-electron chi connectivity index (χ2n) is 7.73. The molecule has 33 heavy (non-hydrogen) atoms. The minimum absolute atomic E-state index is 0.288. The molecule has 6 heteroatoms. The number of halogens is 1. The molecule has 0 unspecified atom stereocenters. The standard InChI is InChI=1S/C27H18FN5/c28-19-12-15-23-24(16-19)32-25(31-23)18-10-13-20(14-11-18)29-27-21-8-4-5-9-22(21)30-26(33-27)17-6-2-1-3-7-17/h1-16H,(H,31,32)(H,29,30,33). The summed E-state index contributed by atoms with van der Waals surface area (Å²) in [5, 5.41) is 4.38. The first-order valence-electron chi connectivity index (χ1n) is 10.6. The predicted molar refractivity (Wildman–Crippen MR) is 130 cm³/mol. The Bertz CT molecular complexity index is 1590. The number of hydrogen-bond donors (Lipinski definition) is 2. The minimum atomic E-state index is -0.288. The quantitative estimate of drug-likeness (QED) is 0.325. The molecule has 5 nitrogen and oxygen atoms in total. The van der Waals surface area contributed by atoms with Crippen LogP contribution in [0.5, 0.6) is 0 Å². The van der Waals surface area contributed by atoms with Crippen LogP contribution in [0.3, 0.4) is 0 Å². The molecule has 2 N–H and O–H groups in total. The highest BCUT2D eigenvalue weighted by molar-refractivity contribution is 5.92. The number of para-hydroxylation sites is 1. The lowest BCUT2D eigenvalue weighted by atomic mass is 10.1. The lowest BCUT2D eigenvalue weighted by molar-refractivity contribution is 0.629.